The van der Waals surface area contributed by atoms with Crippen molar-refractivity contribution in [3.05, 3.63) is 41.3 Å². The minimum Gasteiger partial charge on any atom is -0.490 e. The van der Waals surface area contributed by atoms with E-state index in [1.165, 1.54) is 6.07 Å². The van der Waals surface area contributed by atoms with E-state index >= 15 is 4.39 Å². The Morgan fingerprint density at radius 3 is 2.63 bits per heavy atom. The van der Waals surface area contributed by atoms with Crippen LogP contribution >= 0.6 is 11.6 Å². The molecule has 0 saturated carbocycles. The van der Waals surface area contributed by atoms with Gasteiger partial charge in [-0.25, -0.2) is 9.37 Å². The lowest BCUT2D eigenvalue weighted by Crippen LogP contribution is -2.44. The van der Waals surface area contributed by atoms with Gasteiger partial charge in [0, 0.05) is 63.2 Å². The minimum absolute atomic E-state index is 0.0547. The highest BCUT2D eigenvalue weighted by Crippen LogP contribution is 2.37. The number of hydrogen-bond acceptors (Lipinski definition) is 9. The average molecular weight is 596 g/mol. The number of carbonyl (C=O) groups is 1. The summed E-state index contributed by atoms with van der Waals surface area (Å²) >= 11 is 6.40. The smallest absolute Gasteiger partial charge is 0.305 e. The second-order valence-electron chi connectivity index (χ2n) is 10.6. The monoisotopic (exact) mass is 595 g/mol. The van der Waals surface area contributed by atoms with Gasteiger partial charge in [0.1, 0.15) is 24.5 Å². The first-order chi connectivity index (χ1) is 19.7. The number of piperidine rings is 1. The predicted octanol–water partition coefficient (Wildman–Crippen LogP) is 4.48. The van der Waals surface area contributed by atoms with Crippen molar-refractivity contribution < 1.29 is 38.0 Å². The summed E-state index contributed by atoms with van der Waals surface area (Å²) in [7, 11) is 3.15. The molecule has 0 amide bonds. The molecule has 1 N–H and O–H groups in total. The van der Waals surface area contributed by atoms with Gasteiger partial charge in [-0.05, 0) is 12.1 Å². The highest BCUT2D eigenvalue weighted by Gasteiger charge is 2.42. The van der Waals surface area contributed by atoms with Gasteiger partial charge < -0.3 is 38.6 Å². The number of benzene rings is 1. The molecule has 2 unspecified atom stereocenters. The van der Waals surface area contributed by atoms with Gasteiger partial charge in [0.05, 0.1) is 55.4 Å². The first-order valence-corrected chi connectivity index (χ1v) is 14.2. The molecule has 2 aromatic rings. The fraction of sp³-hybridized carbons (Fsp3) is 0.586. The highest BCUT2D eigenvalue weighted by atomic mass is 35.5. The second-order valence-corrected chi connectivity index (χ2v) is 11.0. The number of nitrogens with zero attached hydrogens (tertiary/aromatic N) is 3. The lowest BCUT2D eigenvalue weighted by atomic mass is 9.96. The van der Waals surface area contributed by atoms with Crippen LogP contribution in [0.5, 0.6) is 11.6 Å². The minimum atomic E-state index is -0.948. The molecule has 2 fully saturated rings. The number of aromatic nitrogens is 1. The van der Waals surface area contributed by atoms with E-state index in [1.54, 1.807) is 37.4 Å². The van der Waals surface area contributed by atoms with Crippen molar-refractivity contribution in [1.82, 2.24) is 4.98 Å². The van der Waals surface area contributed by atoms with E-state index in [0.29, 0.717) is 55.2 Å². The largest absolute Gasteiger partial charge is 0.490 e. The fourth-order valence-corrected chi connectivity index (χ4v) is 5.79. The molecule has 10 nitrogen and oxygen atoms in total. The number of hydrogen-bond donors (Lipinski definition) is 1. The van der Waals surface area contributed by atoms with Crippen LogP contribution in [-0.2, 0) is 19.0 Å². The molecule has 226 valence electrons. The van der Waals surface area contributed by atoms with Crippen LogP contribution in [0, 0.1) is 17.7 Å². The summed E-state index contributed by atoms with van der Waals surface area (Å²) in [5.74, 6) is -0.491. The molecule has 1 aromatic heterocycles. The summed E-state index contributed by atoms with van der Waals surface area (Å²) in [6.07, 6.45) is 1.76. The predicted molar refractivity (Wildman–Crippen MR) is 153 cm³/mol. The van der Waals surface area contributed by atoms with E-state index in [9.17, 15) is 9.90 Å². The molecule has 5 atom stereocenters. The summed E-state index contributed by atoms with van der Waals surface area (Å²) in [6, 6.07) is 6.18. The van der Waals surface area contributed by atoms with Gasteiger partial charge in [-0.3, -0.25) is 4.79 Å². The summed E-state index contributed by atoms with van der Waals surface area (Å²) in [5, 5.41) is 10.1. The lowest BCUT2D eigenvalue weighted by Gasteiger charge is -2.38. The maximum absolute atomic E-state index is 15.5. The number of carboxylic acid groups (broad SMARTS) is 1. The maximum atomic E-state index is 15.5. The normalized spacial score (nSPS) is 24.5. The Bertz CT molecular complexity index is 1180. The number of carboxylic acids is 1. The van der Waals surface area contributed by atoms with Gasteiger partial charge in [-0.1, -0.05) is 25.4 Å². The first kappa shape index (κ1) is 31.1. The zero-order valence-electron chi connectivity index (χ0n) is 23.9. The van der Waals surface area contributed by atoms with Crippen molar-refractivity contribution in [2.24, 2.45) is 11.8 Å². The van der Waals surface area contributed by atoms with Crippen LogP contribution in [0.1, 0.15) is 26.7 Å². The van der Waals surface area contributed by atoms with Crippen molar-refractivity contribution in [2.45, 2.75) is 44.9 Å². The molecule has 1 aromatic carbocycles. The average Bonchev–Trinajstić information content (AvgIpc) is 3.24. The van der Waals surface area contributed by atoms with Gasteiger partial charge in [-0.15, -0.1) is 0 Å². The molecule has 2 saturated heterocycles. The van der Waals surface area contributed by atoms with Crippen LogP contribution in [-0.4, -0.2) is 88.2 Å². The van der Waals surface area contributed by atoms with Crippen LogP contribution in [0.15, 0.2) is 30.5 Å². The Labute approximate surface area is 245 Å². The molecule has 41 heavy (non-hydrogen) atoms. The van der Waals surface area contributed by atoms with Crippen LogP contribution in [0.4, 0.5) is 15.8 Å². The number of methoxy groups -OCH3 is 2. The van der Waals surface area contributed by atoms with Crippen LogP contribution in [0.3, 0.4) is 0 Å². The molecule has 0 spiro atoms. The zero-order chi connectivity index (χ0) is 29.5. The van der Waals surface area contributed by atoms with E-state index in [2.05, 4.69) is 16.8 Å². The number of pyridine rings is 1. The third-order valence-corrected chi connectivity index (χ3v) is 8.15. The highest BCUT2D eigenvalue weighted by molar-refractivity contribution is 6.33. The lowest BCUT2D eigenvalue weighted by molar-refractivity contribution is -0.137. The van der Waals surface area contributed by atoms with Crippen molar-refractivity contribution in [1.29, 1.82) is 0 Å². The third kappa shape index (κ3) is 7.71. The van der Waals surface area contributed by atoms with Crippen LogP contribution in [0.25, 0.3) is 0 Å². The summed E-state index contributed by atoms with van der Waals surface area (Å²) in [5.41, 5.74) is 1.18. The Hall–Kier alpha value is -2.86. The standard InChI is InChI=1S/C29H39ClFN3O7/c1-18-15-33(25-12-28(38-4)32-14-21(25)30)8-7-26(18)41-20-5-6-23(22(31)11-20)34-16-27(40-17-39-10-9-37-3)19(2)24(34)13-29(35)36/h5-6,11-12,14,18-19,24,26-27H,7-10,13,15-17H2,1-4H3,(H,35,36)/t18?,19-,24-,26?,27-/m0/s1. The maximum Gasteiger partial charge on any atom is 0.305 e. The molecule has 2 aliphatic rings. The van der Waals surface area contributed by atoms with E-state index in [1.807, 2.05) is 13.0 Å². The number of aliphatic carboxylic acids is 1. The van der Waals surface area contributed by atoms with Crippen molar-refractivity contribution >= 4 is 28.9 Å². The summed E-state index contributed by atoms with van der Waals surface area (Å²) in [6.45, 7) is 6.67. The zero-order valence-corrected chi connectivity index (χ0v) is 24.7. The van der Waals surface area contributed by atoms with Crippen LogP contribution < -0.4 is 19.3 Å². The molecular weight excluding hydrogens is 557 g/mol. The topological polar surface area (TPSA) is 103 Å². The van der Waals surface area contributed by atoms with E-state index in [4.69, 9.17) is 35.3 Å². The molecule has 3 heterocycles. The van der Waals surface area contributed by atoms with E-state index in [-0.39, 0.29) is 37.3 Å². The van der Waals surface area contributed by atoms with Gasteiger partial charge in [0.2, 0.25) is 5.88 Å². The summed E-state index contributed by atoms with van der Waals surface area (Å²) < 4.78 is 43.3. The SMILES string of the molecule is COCCOCO[C@H]1CN(c2ccc(OC3CCN(c4cc(OC)ncc4Cl)CC3C)cc2F)[C@@H](CC(=O)O)[C@@H]1C. The van der Waals surface area contributed by atoms with Gasteiger partial charge in [-0.2, -0.15) is 0 Å². The Morgan fingerprint density at radius 1 is 1.15 bits per heavy atom. The van der Waals surface area contributed by atoms with Gasteiger partial charge in [0.15, 0.2) is 0 Å². The van der Waals surface area contributed by atoms with Gasteiger partial charge >= 0.3 is 5.97 Å². The second kappa shape index (κ2) is 14.4. The van der Waals surface area contributed by atoms with E-state index in [0.717, 1.165) is 12.1 Å². The molecule has 0 aliphatic carbocycles. The van der Waals surface area contributed by atoms with Crippen LogP contribution in [0.2, 0.25) is 5.02 Å². The number of ether oxygens (including phenoxy) is 5. The quantitative estimate of drug-likeness (QED) is 0.263. The number of rotatable bonds is 13. The molecule has 4 rings (SSSR count). The summed E-state index contributed by atoms with van der Waals surface area (Å²) in [4.78, 5) is 19.7. The van der Waals surface area contributed by atoms with E-state index < -0.39 is 17.8 Å². The molecule has 0 bridgehead atoms. The third-order valence-electron chi connectivity index (χ3n) is 7.85. The Kier molecular flexibility index (Phi) is 10.9. The van der Waals surface area contributed by atoms with Gasteiger partial charge in [0.25, 0.3) is 0 Å². The Balaban J connectivity index is 1.40. The van der Waals surface area contributed by atoms with Crippen molar-refractivity contribution in [3.8, 4) is 11.6 Å². The number of halogens is 2. The Morgan fingerprint density at radius 2 is 1.95 bits per heavy atom. The molecule has 2 aliphatic heterocycles. The molecule has 12 heteroatoms. The fourth-order valence-electron chi connectivity index (χ4n) is 5.57. The molecular formula is C29H39ClFN3O7. The molecule has 0 radical (unpaired) electrons. The first-order valence-electron chi connectivity index (χ1n) is 13.8. The van der Waals surface area contributed by atoms with Crippen molar-refractivity contribution in [3.63, 3.8) is 0 Å². The van der Waals surface area contributed by atoms with Crippen molar-refractivity contribution in [2.75, 3.05) is 63.7 Å². The number of anilines is 2.